The highest BCUT2D eigenvalue weighted by atomic mass is 35.5. The molecule has 0 radical (unpaired) electrons. The summed E-state index contributed by atoms with van der Waals surface area (Å²) in [5.41, 5.74) is 16.2. The number of carbonyl (C=O) groups is 2. The van der Waals surface area contributed by atoms with Crippen LogP contribution >= 0.6 is 58.0 Å². The largest absolute Gasteiger partial charge is 0.496 e. The molecule has 0 saturated carbocycles. The van der Waals surface area contributed by atoms with E-state index in [2.05, 4.69) is 49.8 Å². The highest BCUT2D eigenvalue weighted by Crippen LogP contribution is 2.43. The first kappa shape index (κ1) is 82.4. The Hall–Kier alpha value is -12.1. The highest BCUT2D eigenvalue weighted by Gasteiger charge is 2.32. The van der Waals surface area contributed by atoms with E-state index >= 15 is 0 Å². The van der Waals surface area contributed by atoms with Gasteiger partial charge in [-0.15, -0.1) is 0 Å². The molecule has 2 amide bonds. The monoisotopic (exact) mass is 1670 g/mol. The molecule has 1 aliphatic heterocycles. The predicted molar refractivity (Wildman–Crippen MR) is 436 cm³/mol. The summed E-state index contributed by atoms with van der Waals surface area (Å²) in [6.07, 6.45) is 4.92. The summed E-state index contributed by atoms with van der Waals surface area (Å²) in [5, 5.41) is 4.87. The maximum Gasteiger partial charge on any atom is 0.416 e. The van der Waals surface area contributed by atoms with Crippen LogP contribution in [0.5, 0.6) is 28.7 Å². The number of primary amides is 1. The molecule has 0 spiro atoms. The number of aromatic nitrogens is 10. The van der Waals surface area contributed by atoms with E-state index in [9.17, 15) is 35.6 Å². The van der Waals surface area contributed by atoms with Crippen LogP contribution in [0.3, 0.4) is 0 Å². The number of para-hydroxylation sites is 5. The van der Waals surface area contributed by atoms with Gasteiger partial charge in [0.1, 0.15) is 34.6 Å². The van der Waals surface area contributed by atoms with E-state index in [1.54, 1.807) is 111 Å². The number of methoxy groups -OCH3 is 5. The number of amides is 2. The van der Waals surface area contributed by atoms with Crippen molar-refractivity contribution in [2.75, 3.05) is 68.1 Å². The van der Waals surface area contributed by atoms with Crippen LogP contribution in [0.15, 0.2) is 218 Å². The Kier molecular flexibility index (Phi) is 26.1. The van der Waals surface area contributed by atoms with Gasteiger partial charge in [-0.3, -0.25) is 9.59 Å². The van der Waals surface area contributed by atoms with Gasteiger partial charge in [0.25, 0.3) is 5.91 Å². The minimum absolute atomic E-state index is 0.0218. The van der Waals surface area contributed by atoms with Gasteiger partial charge in [-0.05, 0) is 149 Å². The average molecular weight is 1670 g/mol. The number of ether oxygens (including phenoxy) is 6. The maximum absolute atomic E-state index is 13.5. The number of alkyl halides is 3. The number of benzene rings is 10. The van der Waals surface area contributed by atoms with E-state index in [1.165, 1.54) is 45.6 Å². The second-order valence-corrected chi connectivity index (χ2v) is 28.6. The molecule has 0 atom stereocenters. The number of morpholine rings is 1. The van der Waals surface area contributed by atoms with Gasteiger partial charge in [0.05, 0.1) is 86.8 Å². The summed E-state index contributed by atoms with van der Waals surface area (Å²) < 4.78 is 108. The van der Waals surface area contributed by atoms with Crippen molar-refractivity contribution in [2.45, 2.75) is 11.1 Å². The Labute approximate surface area is 679 Å². The molecular formula is C83H63Cl5F4N12O10S. The summed E-state index contributed by atoms with van der Waals surface area (Å²) in [7, 11) is 4.19. The third-order valence-corrected chi connectivity index (χ3v) is 19.9. The van der Waals surface area contributed by atoms with Crippen LogP contribution in [0.25, 0.3) is 110 Å². The molecule has 22 nitrogen and oxygen atoms in total. The van der Waals surface area contributed by atoms with Gasteiger partial charge in [0.2, 0.25) is 32.3 Å². The quantitative estimate of drug-likeness (QED) is 0.0829. The van der Waals surface area contributed by atoms with Crippen molar-refractivity contribution in [1.82, 2.24) is 54.7 Å². The first-order valence-electron chi connectivity index (χ1n) is 34.3. The van der Waals surface area contributed by atoms with Gasteiger partial charge in [-0.1, -0.05) is 91.0 Å². The highest BCUT2D eigenvalue weighted by molar-refractivity contribution is 7.90. The fraction of sp³-hybridized carbons (Fsp3) is 0.133. The number of hydrogen-bond donors (Lipinski definition) is 1. The Morgan fingerprint density at radius 3 is 1.10 bits per heavy atom. The number of halogens is 9. The molecule has 1 saturated heterocycles. The van der Waals surface area contributed by atoms with E-state index < -0.39 is 27.5 Å². The number of nitrogens with two attached hydrogens (primary N) is 1. The molecule has 6 heterocycles. The van der Waals surface area contributed by atoms with Crippen molar-refractivity contribution in [3.8, 4) is 84.4 Å². The third kappa shape index (κ3) is 19.2. The summed E-state index contributed by atoms with van der Waals surface area (Å²) in [5.74, 6) is 1.43. The minimum atomic E-state index is -4.43. The lowest BCUT2D eigenvalue weighted by Gasteiger charge is -2.27. The lowest BCUT2D eigenvalue weighted by Crippen LogP contribution is -2.40. The Bertz CT molecular complexity index is 6320. The molecule has 0 aliphatic carbocycles. The van der Waals surface area contributed by atoms with Crippen LogP contribution in [0.4, 0.5) is 17.6 Å². The Balaban J connectivity index is 0.000000133. The van der Waals surface area contributed by atoms with Crippen LogP contribution < -0.4 is 29.4 Å². The number of fused-ring (bicyclic) bond motifs is 5. The molecule has 2 N–H and O–H groups in total. The predicted octanol–water partition coefficient (Wildman–Crippen LogP) is 18.9. The second kappa shape index (κ2) is 36.4. The van der Waals surface area contributed by atoms with Crippen molar-refractivity contribution in [3.63, 3.8) is 0 Å². The lowest BCUT2D eigenvalue weighted by molar-refractivity contribution is -0.137. The van der Waals surface area contributed by atoms with Crippen LogP contribution in [-0.2, 0) is 20.8 Å². The third-order valence-electron chi connectivity index (χ3n) is 17.9. The molecule has 0 bridgehead atoms. The average Bonchev–Trinajstić information content (AvgIpc) is 0.804. The first-order chi connectivity index (χ1) is 55.2. The topological polar surface area (TPSA) is 282 Å². The smallest absolute Gasteiger partial charge is 0.416 e. The normalized spacial score (nSPS) is 11.9. The fourth-order valence-corrected chi connectivity index (χ4v) is 13.7. The Morgan fingerprint density at radius 2 is 0.739 bits per heavy atom. The molecule has 1 fully saturated rings. The van der Waals surface area contributed by atoms with Crippen LogP contribution in [0.1, 0.15) is 26.3 Å². The molecule has 5 aromatic heterocycles. The zero-order chi connectivity index (χ0) is 81.8. The number of sulfone groups is 1. The van der Waals surface area contributed by atoms with E-state index in [-0.39, 0.29) is 48.8 Å². The van der Waals surface area contributed by atoms with Crippen LogP contribution in [0.2, 0.25) is 26.4 Å². The van der Waals surface area contributed by atoms with Gasteiger partial charge >= 0.3 is 6.18 Å². The summed E-state index contributed by atoms with van der Waals surface area (Å²) in [6, 6.07) is 51.1. The van der Waals surface area contributed by atoms with Gasteiger partial charge in [-0.2, -0.15) is 13.2 Å². The van der Waals surface area contributed by atoms with Crippen molar-refractivity contribution in [2.24, 2.45) is 5.73 Å². The van der Waals surface area contributed by atoms with Crippen molar-refractivity contribution < 1.29 is 64.0 Å². The molecule has 32 heteroatoms. The number of nitrogens with zero attached hydrogens (tertiary/aromatic N) is 11. The van der Waals surface area contributed by atoms with E-state index in [0.717, 1.165) is 89.8 Å². The van der Waals surface area contributed by atoms with E-state index in [1.807, 2.05) is 84.9 Å². The molecule has 10 aromatic carbocycles. The van der Waals surface area contributed by atoms with Crippen LogP contribution in [0, 0.1) is 5.82 Å². The van der Waals surface area contributed by atoms with Gasteiger partial charge in [-0.25, -0.2) is 62.6 Å². The Morgan fingerprint density at radius 1 is 0.409 bits per heavy atom. The summed E-state index contributed by atoms with van der Waals surface area (Å²) in [4.78, 5) is 67.2. The summed E-state index contributed by atoms with van der Waals surface area (Å²) >= 11 is 29.5. The maximum atomic E-state index is 13.5. The van der Waals surface area contributed by atoms with E-state index in [0.29, 0.717) is 99.2 Å². The van der Waals surface area contributed by atoms with Gasteiger partial charge < -0.3 is 39.1 Å². The zero-order valence-electron chi connectivity index (χ0n) is 61.4. The molecule has 1 aliphatic rings. The summed E-state index contributed by atoms with van der Waals surface area (Å²) in [6.45, 7) is 2.33. The molecule has 16 rings (SSSR count). The second-order valence-electron chi connectivity index (χ2n) is 24.9. The van der Waals surface area contributed by atoms with Gasteiger partial charge in [0.15, 0.2) is 9.84 Å². The number of hydrogen-bond acceptors (Lipinski definition) is 20. The van der Waals surface area contributed by atoms with Gasteiger partial charge in [0, 0.05) is 144 Å². The van der Waals surface area contributed by atoms with Crippen molar-refractivity contribution in [1.29, 1.82) is 0 Å². The first-order valence-corrected chi connectivity index (χ1v) is 38.1. The fourth-order valence-electron chi connectivity index (χ4n) is 12.4. The number of rotatable bonds is 13. The molecule has 115 heavy (non-hydrogen) atoms. The SMILES string of the molecule is COc1cc(C(=O)N2CCOCC2)ccc1-c1cccc2cnc(Cl)nc12.COc1cc(C(F)(F)F)ccc1-c1cccc2cnc(Cl)nc12.COc1cc(C(N)=O)ccc1-c1cccc2cnc(Cl)nc12.COc1cc(S(C)(=O)=O)ccc1-c1cccc2cnc(Cl)nc12.COc1ccc(F)cc1-c1cccc2cnc(Cl)nc12. The van der Waals surface area contributed by atoms with Crippen molar-refractivity contribution in [3.05, 3.63) is 262 Å². The van der Waals surface area contributed by atoms with Crippen molar-refractivity contribution >= 4 is 134 Å². The standard InChI is InChI=1S/C20H18ClN3O3.C16H10ClF3N2O.C16H12ClN3O2.C16H13ClN2O3S.C15H10ClFN2O/c1-26-17-11-13(19(25)24-7-9-27-10-8-24)5-6-15(17)16-4-2-3-14-12-22-20(21)23-18(14)16;1-23-13-7-10(16(18,19)20)5-6-11(13)12-4-2-3-9-8-21-15(17)22-14(9)12;1-22-13-7-9(15(18)21)5-6-11(13)12-4-2-3-10-8-19-16(17)20-14(10)12;1-22-14-8-11(23(2,20)21)6-7-12(14)13-5-3-4-10-9-18-16(17)19-15(10)13;1-20-13-6-5-10(17)7-12(13)11-4-2-3-9-8-18-15(16)19-14(9)11/h2-6,11-12H,7-10H2,1H3;2-8H,1H3;2-8H,1H3,(H2,18,21);3-9H,1-2H3;2-8H,1H3. The zero-order valence-corrected chi connectivity index (χ0v) is 66.0. The molecular weight excluding hydrogens is 1610 g/mol. The van der Waals surface area contributed by atoms with Crippen LogP contribution in [-0.4, -0.2) is 143 Å². The molecule has 0 unspecified atom stereocenters. The lowest BCUT2D eigenvalue weighted by atomic mass is 9.99. The minimum Gasteiger partial charge on any atom is -0.496 e. The van der Waals surface area contributed by atoms with E-state index in [4.69, 9.17) is 92.2 Å². The number of carbonyl (C=O) groups excluding carboxylic acids is 2. The molecule has 584 valence electrons. The molecule has 15 aromatic rings.